The van der Waals surface area contributed by atoms with Crippen LogP contribution >= 0.6 is 11.6 Å². The molecule has 3 rings (SSSR count). The summed E-state index contributed by atoms with van der Waals surface area (Å²) >= 11 is 6.13. The molecule has 7 heteroatoms. The number of halogens is 1. The number of amides is 2. The number of ether oxygens (including phenoxy) is 1. The number of pyridine rings is 1. The van der Waals surface area contributed by atoms with E-state index in [1.807, 2.05) is 13.8 Å². The minimum Gasteiger partial charge on any atom is -0.494 e. The maximum Gasteiger partial charge on any atom is 0.259 e. The molecule has 0 fully saturated rings. The number of rotatable bonds is 5. The molecule has 0 aliphatic rings. The molecule has 158 valence electrons. The summed E-state index contributed by atoms with van der Waals surface area (Å²) in [6.07, 6.45) is 6.77. The molecule has 2 N–H and O–H groups in total. The Morgan fingerprint density at radius 3 is 2.32 bits per heavy atom. The zero-order chi connectivity index (χ0) is 22.8. The van der Waals surface area contributed by atoms with Crippen LogP contribution in [0.5, 0.6) is 5.75 Å². The minimum atomic E-state index is -0.518. The summed E-state index contributed by atoms with van der Waals surface area (Å²) in [5, 5.41) is 5.66. The Balaban J connectivity index is 0.00000166. The van der Waals surface area contributed by atoms with Crippen molar-refractivity contribution in [3.8, 4) is 18.1 Å². The van der Waals surface area contributed by atoms with Gasteiger partial charge in [-0.05, 0) is 30.3 Å². The Kier molecular flexibility index (Phi) is 8.62. The number of hydrogen-bond acceptors (Lipinski definition) is 4. The van der Waals surface area contributed by atoms with Gasteiger partial charge in [0.2, 0.25) is 0 Å². The summed E-state index contributed by atoms with van der Waals surface area (Å²) in [4.78, 5) is 29.6. The predicted octanol–water partition coefficient (Wildman–Crippen LogP) is 5.26. The number of nitrogens with zero attached hydrogens (tertiary/aromatic N) is 1. The summed E-state index contributed by atoms with van der Waals surface area (Å²) < 4.78 is 5.32. The number of nitrogens with one attached hydrogen (secondary N) is 2. The van der Waals surface area contributed by atoms with Crippen molar-refractivity contribution >= 4 is 34.9 Å². The molecule has 3 aromatic rings. The number of anilines is 2. The molecule has 0 atom stereocenters. The van der Waals surface area contributed by atoms with Crippen LogP contribution in [0.3, 0.4) is 0 Å². The summed E-state index contributed by atoms with van der Waals surface area (Å²) in [7, 11) is 1.42. The van der Waals surface area contributed by atoms with Crippen molar-refractivity contribution in [2.45, 2.75) is 13.8 Å². The molecule has 6 nitrogen and oxygen atoms in total. The Hall–Kier alpha value is -3.82. The first-order chi connectivity index (χ1) is 15.0. The Bertz CT molecular complexity index is 1090. The fraction of sp³-hybridized carbons (Fsp3) is 0.125. The monoisotopic (exact) mass is 435 g/mol. The lowest BCUT2D eigenvalue weighted by Crippen LogP contribution is -2.19. The first-order valence-corrected chi connectivity index (χ1v) is 9.87. The third-order valence-electron chi connectivity index (χ3n) is 3.98. The lowest BCUT2D eigenvalue weighted by atomic mass is 10.1. The van der Waals surface area contributed by atoms with E-state index in [1.54, 1.807) is 42.5 Å². The van der Waals surface area contributed by atoms with Crippen LogP contribution < -0.4 is 15.4 Å². The Morgan fingerprint density at radius 1 is 1.03 bits per heavy atom. The maximum absolute atomic E-state index is 12.9. The lowest BCUT2D eigenvalue weighted by molar-refractivity contribution is 0.102. The Morgan fingerprint density at radius 2 is 1.74 bits per heavy atom. The van der Waals surface area contributed by atoms with Crippen LogP contribution in [0.25, 0.3) is 0 Å². The number of hydrogen-bond donors (Lipinski definition) is 2. The third-order valence-corrected chi connectivity index (χ3v) is 4.20. The van der Waals surface area contributed by atoms with E-state index in [0.717, 1.165) is 0 Å². The highest BCUT2D eigenvalue weighted by Gasteiger charge is 2.20. The molecule has 0 aliphatic heterocycles. The van der Waals surface area contributed by atoms with Gasteiger partial charge in [0.15, 0.2) is 0 Å². The summed E-state index contributed by atoms with van der Waals surface area (Å²) in [5.41, 5.74) is 1.34. The van der Waals surface area contributed by atoms with Gasteiger partial charge in [0.05, 0.1) is 18.4 Å². The summed E-state index contributed by atoms with van der Waals surface area (Å²) in [6, 6.07) is 14.8. The van der Waals surface area contributed by atoms with E-state index in [-0.39, 0.29) is 22.0 Å². The quantitative estimate of drug-likeness (QED) is 0.536. The average Bonchev–Trinajstić information content (AvgIpc) is 2.82. The molecular formula is C24H22ClN3O3. The smallest absolute Gasteiger partial charge is 0.259 e. The molecule has 0 spiro atoms. The van der Waals surface area contributed by atoms with Gasteiger partial charge in [-0.15, -0.1) is 6.42 Å². The summed E-state index contributed by atoms with van der Waals surface area (Å²) in [6.45, 7) is 4.00. The van der Waals surface area contributed by atoms with Gasteiger partial charge >= 0.3 is 0 Å². The maximum atomic E-state index is 12.9. The van der Waals surface area contributed by atoms with Crippen LogP contribution in [0, 0.1) is 12.3 Å². The molecule has 0 aliphatic carbocycles. The summed E-state index contributed by atoms with van der Waals surface area (Å²) in [5.74, 6) is 2.09. The van der Waals surface area contributed by atoms with E-state index in [1.165, 1.54) is 25.4 Å². The number of benzene rings is 2. The van der Waals surface area contributed by atoms with Crippen LogP contribution in [0.1, 0.15) is 40.1 Å². The van der Waals surface area contributed by atoms with Gasteiger partial charge in [-0.3, -0.25) is 9.59 Å². The van der Waals surface area contributed by atoms with Crippen molar-refractivity contribution in [2.24, 2.45) is 0 Å². The van der Waals surface area contributed by atoms with E-state index >= 15 is 0 Å². The van der Waals surface area contributed by atoms with E-state index in [0.29, 0.717) is 16.9 Å². The van der Waals surface area contributed by atoms with Crippen LogP contribution in [-0.4, -0.2) is 23.9 Å². The largest absolute Gasteiger partial charge is 0.494 e. The first-order valence-electron chi connectivity index (χ1n) is 9.49. The number of aromatic nitrogens is 1. The van der Waals surface area contributed by atoms with Gasteiger partial charge in [-0.25, -0.2) is 4.98 Å². The van der Waals surface area contributed by atoms with E-state index in [9.17, 15) is 9.59 Å². The zero-order valence-electron chi connectivity index (χ0n) is 17.4. The van der Waals surface area contributed by atoms with Crippen LogP contribution in [-0.2, 0) is 0 Å². The molecule has 1 aromatic heterocycles. The number of terminal acetylenes is 1. The van der Waals surface area contributed by atoms with Gasteiger partial charge in [0.25, 0.3) is 11.8 Å². The van der Waals surface area contributed by atoms with Gasteiger partial charge in [0, 0.05) is 28.4 Å². The second-order valence-corrected chi connectivity index (χ2v) is 6.32. The van der Waals surface area contributed by atoms with Crippen LogP contribution in [0.4, 0.5) is 11.5 Å². The number of methoxy groups -OCH3 is 1. The van der Waals surface area contributed by atoms with Crippen molar-refractivity contribution < 1.29 is 14.3 Å². The van der Waals surface area contributed by atoms with Gasteiger partial charge in [0.1, 0.15) is 11.6 Å². The molecule has 1 heterocycles. The fourth-order valence-electron chi connectivity index (χ4n) is 2.56. The molecule has 0 unspecified atom stereocenters. The predicted molar refractivity (Wildman–Crippen MR) is 124 cm³/mol. The van der Waals surface area contributed by atoms with Crippen molar-refractivity contribution in [1.29, 1.82) is 0 Å². The minimum absolute atomic E-state index is 0.126. The highest BCUT2D eigenvalue weighted by atomic mass is 35.5. The van der Waals surface area contributed by atoms with Crippen LogP contribution in [0.2, 0.25) is 5.02 Å². The number of carbonyl (C=O) groups excluding carboxylic acids is 2. The van der Waals surface area contributed by atoms with E-state index in [4.69, 9.17) is 22.8 Å². The van der Waals surface area contributed by atoms with Gasteiger partial charge in [-0.1, -0.05) is 49.6 Å². The molecule has 0 saturated heterocycles. The van der Waals surface area contributed by atoms with Crippen molar-refractivity contribution in [2.75, 3.05) is 17.7 Å². The topological polar surface area (TPSA) is 80.3 Å². The van der Waals surface area contributed by atoms with Gasteiger partial charge in [-0.2, -0.15) is 0 Å². The molecule has 0 bridgehead atoms. The fourth-order valence-corrected chi connectivity index (χ4v) is 2.77. The first kappa shape index (κ1) is 23.5. The van der Waals surface area contributed by atoms with E-state index in [2.05, 4.69) is 21.5 Å². The van der Waals surface area contributed by atoms with E-state index < -0.39 is 11.8 Å². The molecule has 2 amide bonds. The van der Waals surface area contributed by atoms with Crippen molar-refractivity contribution in [3.63, 3.8) is 0 Å². The second kappa shape index (κ2) is 11.4. The van der Waals surface area contributed by atoms with Crippen molar-refractivity contribution in [1.82, 2.24) is 4.98 Å². The van der Waals surface area contributed by atoms with Crippen LogP contribution in [0.15, 0.2) is 60.8 Å². The molecule has 31 heavy (non-hydrogen) atoms. The SMILES string of the molecule is C#Cc1ccc(NC(=O)c2cc(Cl)cc(OC)c2NC(=O)c2ccccc2)nc1.CC. The standard InChI is InChI=1S/C22H16ClN3O3.C2H6/c1-3-14-9-10-19(24-13-14)25-22(28)17-11-16(23)12-18(29-2)20(17)26-21(27)15-7-5-4-6-8-15;1-2/h1,4-13H,2H3,(H,26,27)(H,24,25,28);1-2H3. The second-order valence-electron chi connectivity index (χ2n) is 5.88. The highest BCUT2D eigenvalue weighted by molar-refractivity contribution is 6.31. The van der Waals surface area contributed by atoms with Crippen molar-refractivity contribution in [3.05, 3.63) is 82.5 Å². The zero-order valence-corrected chi connectivity index (χ0v) is 18.2. The number of carbonyl (C=O) groups is 2. The molecule has 0 saturated carbocycles. The molecular weight excluding hydrogens is 414 g/mol. The van der Waals surface area contributed by atoms with Gasteiger partial charge < -0.3 is 15.4 Å². The third kappa shape index (κ3) is 6.08. The highest BCUT2D eigenvalue weighted by Crippen LogP contribution is 2.33. The average molecular weight is 436 g/mol. The molecule has 2 aromatic carbocycles. The normalized spacial score (nSPS) is 9.52. The Labute approximate surface area is 186 Å². The molecule has 0 radical (unpaired) electrons. The lowest BCUT2D eigenvalue weighted by Gasteiger charge is -2.15.